The number of ether oxygens (including phenoxy) is 4. The zero-order valence-corrected chi connectivity index (χ0v) is 15.2. The highest BCUT2D eigenvalue weighted by molar-refractivity contribution is 5.95. The summed E-state index contributed by atoms with van der Waals surface area (Å²) < 4.78 is 21.1. The Hall–Kier alpha value is -3.22. The average molecular weight is 371 g/mol. The number of aryl methyl sites for hydroxylation is 1. The Morgan fingerprint density at radius 1 is 1.11 bits per heavy atom. The minimum atomic E-state index is -0.928. The minimum absolute atomic E-state index is 0.0511. The van der Waals surface area contributed by atoms with Gasteiger partial charge in [-0.25, -0.2) is 0 Å². The molecule has 0 bridgehead atoms. The highest BCUT2D eigenvalue weighted by atomic mass is 16.7. The quantitative estimate of drug-likeness (QED) is 0.753. The second-order valence-corrected chi connectivity index (χ2v) is 6.10. The molecule has 27 heavy (non-hydrogen) atoms. The molecule has 0 saturated heterocycles. The molecule has 7 heteroatoms. The van der Waals surface area contributed by atoms with Crippen molar-refractivity contribution in [3.05, 3.63) is 48.0 Å². The van der Waals surface area contributed by atoms with Crippen molar-refractivity contribution >= 4 is 17.6 Å². The molecule has 3 rings (SSSR count). The van der Waals surface area contributed by atoms with Crippen LogP contribution in [0.4, 0.5) is 5.69 Å². The van der Waals surface area contributed by atoms with E-state index in [-0.39, 0.29) is 19.8 Å². The number of rotatable bonds is 7. The summed E-state index contributed by atoms with van der Waals surface area (Å²) in [4.78, 5) is 24.1. The number of anilines is 1. The lowest BCUT2D eigenvalue weighted by atomic mass is 10.2. The third kappa shape index (κ3) is 5.13. The van der Waals surface area contributed by atoms with Gasteiger partial charge in [0.2, 0.25) is 6.79 Å². The van der Waals surface area contributed by atoms with Gasteiger partial charge in [0.1, 0.15) is 5.75 Å². The smallest absolute Gasteiger partial charge is 0.310 e. The number of fused-ring (bicyclic) bond motifs is 1. The van der Waals surface area contributed by atoms with Crippen LogP contribution in [0, 0.1) is 6.92 Å². The molecule has 1 aliphatic rings. The van der Waals surface area contributed by atoms with E-state index in [4.69, 9.17) is 18.9 Å². The lowest BCUT2D eigenvalue weighted by Crippen LogP contribution is -2.30. The van der Waals surface area contributed by atoms with Crippen LogP contribution in [0.3, 0.4) is 0 Å². The first kappa shape index (κ1) is 18.6. The van der Waals surface area contributed by atoms with E-state index in [1.54, 1.807) is 18.2 Å². The van der Waals surface area contributed by atoms with E-state index < -0.39 is 18.0 Å². The summed E-state index contributed by atoms with van der Waals surface area (Å²) in [5.74, 6) is 0.936. The first-order valence-corrected chi connectivity index (χ1v) is 8.61. The highest BCUT2D eigenvalue weighted by Crippen LogP contribution is 2.34. The Morgan fingerprint density at radius 3 is 2.63 bits per heavy atom. The number of hydrogen-bond donors (Lipinski definition) is 1. The zero-order chi connectivity index (χ0) is 19.2. The maximum atomic E-state index is 12.2. The molecule has 0 saturated carbocycles. The van der Waals surface area contributed by atoms with Crippen LogP contribution in [-0.4, -0.2) is 31.4 Å². The second kappa shape index (κ2) is 8.44. The maximum absolute atomic E-state index is 12.2. The number of carbonyl (C=O) groups excluding carboxylic acids is 2. The average Bonchev–Trinajstić information content (AvgIpc) is 3.11. The van der Waals surface area contributed by atoms with Gasteiger partial charge in [0.25, 0.3) is 5.91 Å². The molecule has 7 nitrogen and oxygen atoms in total. The SMILES string of the molecule is Cc1ccc(OCCC(=O)OC(C)C(=O)Nc2ccc3c(c2)OCO3)cc1. The predicted molar refractivity (Wildman–Crippen MR) is 98.0 cm³/mol. The predicted octanol–water partition coefficient (Wildman–Crippen LogP) is 3.06. The van der Waals surface area contributed by atoms with Crippen LogP contribution >= 0.6 is 0 Å². The number of amides is 1. The fourth-order valence-electron chi connectivity index (χ4n) is 2.41. The van der Waals surface area contributed by atoms with Crippen molar-refractivity contribution in [2.75, 3.05) is 18.7 Å². The van der Waals surface area contributed by atoms with E-state index in [9.17, 15) is 9.59 Å². The first-order valence-electron chi connectivity index (χ1n) is 8.61. The highest BCUT2D eigenvalue weighted by Gasteiger charge is 2.19. The summed E-state index contributed by atoms with van der Waals surface area (Å²) in [6, 6.07) is 12.6. The van der Waals surface area contributed by atoms with E-state index in [0.29, 0.717) is 22.9 Å². The molecule has 142 valence electrons. The molecule has 1 unspecified atom stereocenters. The van der Waals surface area contributed by atoms with Crippen molar-refractivity contribution in [2.45, 2.75) is 26.4 Å². The summed E-state index contributed by atoms with van der Waals surface area (Å²) in [5, 5.41) is 2.68. The van der Waals surface area contributed by atoms with Crippen molar-refractivity contribution in [3.63, 3.8) is 0 Å². The number of esters is 1. The maximum Gasteiger partial charge on any atom is 0.310 e. The van der Waals surface area contributed by atoms with Gasteiger partial charge in [-0.05, 0) is 38.1 Å². The Morgan fingerprint density at radius 2 is 1.85 bits per heavy atom. The van der Waals surface area contributed by atoms with Crippen LogP contribution in [0.15, 0.2) is 42.5 Å². The molecule has 2 aromatic carbocycles. The van der Waals surface area contributed by atoms with Crippen LogP contribution in [-0.2, 0) is 14.3 Å². The molecule has 0 aromatic heterocycles. The summed E-state index contributed by atoms with van der Waals surface area (Å²) in [6.07, 6.45) is -0.877. The van der Waals surface area contributed by atoms with Crippen LogP contribution in [0.2, 0.25) is 0 Å². The molecular weight excluding hydrogens is 350 g/mol. The Labute approximate surface area is 157 Å². The summed E-state index contributed by atoms with van der Waals surface area (Å²) >= 11 is 0. The lowest BCUT2D eigenvalue weighted by molar-refractivity contribution is -0.153. The first-order chi connectivity index (χ1) is 13.0. The molecular formula is C20H21NO6. The van der Waals surface area contributed by atoms with Crippen molar-refractivity contribution in [1.29, 1.82) is 0 Å². The second-order valence-electron chi connectivity index (χ2n) is 6.10. The van der Waals surface area contributed by atoms with E-state index in [1.165, 1.54) is 6.92 Å². The molecule has 1 atom stereocenters. The number of nitrogens with one attached hydrogen (secondary N) is 1. The fourth-order valence-corrected chi connectivity index (χ4v) is 2.41. The fraction of sp³-hybridized carbons (Fsp3) is 0.300. The third-order valence-electron chi connectivity index (χ3n) is 3.91. The Bertz CT molecular complexity index is 818. The van der Waals surface area contributed by atoms with Crippen LogP contribution in [0.5, 0.6) is 17.2 Å². The van der Waals surface area contributed by atoms with E-state index in [1.807, 2.05) is 31.2 Å². The normalized spacial score (nSPS) is 13.0. The third-order valence-corrected chi connectivity index (χ3v) is 3.91. The molecule has 1 aliphatic heterocycles. The van der Waals surface area contributed by atoms with Crippen molar-refractivity contribution in [1.82, 2.24) is 0 Å². The summed E-state index contributed by atoms with van der Waals surface area (Å²) in [6.45, 7) is 3.84. The van der Waals surface area contributed by atoms with Crippen molar-refractivity contribution < 1.29 is 28.5 Å². The van der Waals surface area contributed by atoms with Crippen LogP contribution in [0.1, 0.15) is 18.9 Å². The molecule has 2 aromatic rings. The van der Waals surface area contributed by atoms with E-state index >= 15 is 0 Å². The molecule has 0 fully saturated rings. The van der Waals surface area contributed by atoms with Crippen molar-refractivity contribution in [2.24, 2.45) is 0 Å². The summed E-state index contributed by atoms with van der Waals surface area (Å²) in [7, 11) is 0. The van der Waals surface area contributed by atoms with Crippen molar-refractivity contribution in [3.8, 4) is 17.2 Å². The molecule has 0 spiro atoms. The lowest BCUT2D eigenvalue weighted by Gasteiger charge is -2.14. The van der Waals surface area contributed by atoms with Gasteiger partial charge in [0.05, 0.1) is 13.0 Å². The number of carbonyl (C=O) groups is 2. The largest absolute Gasteiger partial charge is 0.493 e. The van der Waals surface area contributed by atoms with Gasteiger partial charge in [0, 0.05) is 11.8 Å². The summed E-state index contributed by atoms with van der Waals surface area (Å²) in [5.41, 5.74) is 1.67. The van der Waals surface area contributed by atoms with E-state index in [2.05, 4.69) is 5.32 Å². The van der Waals surface area contributed by atoms with Gasteiger partial charge in [-0.2, -0.15) is 0 Å². The standard InChI is InChI=1S/C20H21NO6/c1-13-3-6-16(7-4-13)24-10-9-19(22)27-14(2)20(23)21-15-5-8-17-18(11-15)26-12-25-17/h3-8,11,14H,9-10,12H2,1-2H3,(H,21,23). The van der Waals surface area contributed by atoms with E-state index in [0.717, 1.165) is 5.56 Å². The van der Waals surface area contributed by atoms with Gasteiger partial charge in [-0.3, -0.25) is 9.59 Å². The molecule has 1 heterocycles. The number of hydrogen-bond acceptors (Lipinski definition) is 6. The molecule has 1 amide bonds. The van der Waals surface area contributed by atoms with Gasteiger partial charge in [-0.1, -0.05) is 17.7 Å². The van der Waals surface area contributed by atoms with Crippen LogP contribution < -0.4 is 19.5 Å². The Kier molecular flexibility index (Phi) is 5.80. The van der Waals surface area contributed by atoms with Gasteiger partial charge in [0.15, 0.2) is 17.6 Å². The Balaban J connectivity index is 1.42. The molecule has 1 N–H and O–H groups in total. The van der Waals surface area contributed by atoms with Gasteiger partial charge >= 0.3 is 5.97 Å². The zero-order valence-electron chi connectivity index (χ0n) is 15.2. The number of benzene rings is 2. The minimum Gasteiger partial charge on any atom is -0.493 e. The molecule has 0 aliphatic carbocycles. The molecule has 0 radical (unpaired) electrons. The van der Waals surface area contributed by atoms with Gasteiger partial charge in [-0.15, -0.1) is 0 Å². The monoisotopic (exact) mass is 371 g/mol. The topological polar surface area (TPSA) is 83.1 Å². The van der Waals surface area contributed by atoms with Gasteiger partial charge < -0.3 is 24.3 Å². The van der Waals surface area contributed by atoms with Crippen LogP contribution in [0.25, 0.3) is 0 Å².